The Balaban J connectivity index is 1.80. The second-order valence-electron chi connectivity index (χ2n) is 8.12. The van der Waals surface area contributed by atoms with Gasteiger partial charge >= 0.3 is 6.18 Å². The number of nitrogens with one attached hydrogen (secondary N) is 1. The second-order valence-corrected chi connectivity index (χ2v) is 8.52. The second kappa shape index (κ2) is 10.1. The Kier molecular flexibility index (Phi) is 7.13. The number of ether oxygens (including phenoxy) is 1. The average molecular weight is 506 g/mol. The summed E-state index contributed by atoms with van der Waals surface area (Å²) >= 11 is 5.77. The van der Waals surface area contributed by atoms with E-state index >= 15 is 0 Å². The molecule has 0 radical (unpaired) electrons. The first-order valence-corrected chi connectivity index (χ1v) is 11.0. The Hall–Kier alpha value is -3.37. The predicted octanol–water partition coefficient (Wildman–Crippen LogP) is 6.81. The molecule has 0 aliphatic heterocycles. The number of alkyl halides is 3. The lowest BCUT2D eigenvalue weighted by Crippen LogP contribution is -2.10. The molecular formula is C24H20ClF4N5O. The Morgan fingerprint density at radius 3 is 2.57 bits per heavy atom. The van der Waals surface area contributed by atoms with E-state index in [1.54, 1.807) is 12.1 Å². The summed E-state index contributed by atoms with van der Waals surface area (Å²) in [6.45, 7) is 4.49. The minimum absolute atomic E-state index is 0.00154. The van der Waals surface area contributed by atoms with Gasteiger partial charge in [-0.15, -0.1) is 0 Å². The van der Waals surface area contributed by atoms with E-state index in [2.05, 4.69) is 25.3 Å². The first-order valence-electron chi connectivity index (χ1n) is 10.6. The van der Waals surface area contributed by atoms with E-state index in [-0.39, 0.29) is 46.2 Å². The van der Waals surface area contributed by atoms with E-state index in [0.717, 1.165) is 6.07 Å². The molecule has 0 saturated heterocycles. The van der Waals surface area contributed by atoms with Gasteiger partial charge in [-0.3, -0.25) is 4.98 Å². The van der Waals surface area contributed by atoms with Crippen molar-refractivity contribution in [3.05, 3.63) is 70.9 Å². The van der Waals surface area contributed by atoms with Gasteiger partial charge in [0.25, 0.3) is 0 Å². The van der Waals surface area contributed by atoms with Gasteiger partial charge in [0, 0.05) is 18.5 Å². The molecule has 0 unspecified atom stereocenters. The van der Waals surface area contributed by atoms with Crippen LogP contribution in [0.5, 0.6) is 0 Å². The summed E-state index contributed by atoms with van der Waals surface area (Å²) in [5.41, 5.74) is -0.712. The van der Waals surface area contributed by atoms with Gasteiger partial charge in [-0.1, -0.05) is 25.4 Å². The van der Waals surface area contributed by atoms with Crippen molar-refractivity contribution >= 4 is 34.1 Å². The van der Waals surface area contributed by atoms with Crippen LogP contribution in [0.15, 0.2) is 48.7 Å². The summed E-state index contributed by atoms with van der Waals surface area (Å²) in [6, 6.07) is 9.28. The minimum atomic E-state index is -4.60. The van der Waals surface area contributed by atoms with Crippen LogP contribution in [-0.2, 0) is 17.5 Å². The third-order valence-electron chi connectivity index (χ3n) is 4.83. The van der Waals surface area contributed by atoms with Gasteiger partial charge in [0.2, 0.25) is 0 Å². The van der Waals surface area contributed by atoms with Crippen molar-refractivity contribution in [3.8, 4) is 11.4 Å². The zero-order chi connectivity index (χ0) is 25.2. The van der Waals surface area contributed by atoms with Gasteiger partial charge < -0.3 is 10.1 Å². The maximum Gasteiger partial charge on any atom is 0.418 e. The lowest BCUT2D eigenvalue weighted by molar-refractivity contribution is -0.137. The first-order chi connectivity index (χ1) is 16.6. The Morgan fingerprint density at radius 1 is 1.06 bits per heavy atom. The highest BCUT2D eigenvalue weighted by molar-refractivity contribution is 6.30. The fourth-order valence-corrected chi connectivity index (χ4v) is 3.40. The van der Waals surface area contributed by atoms with Gasteiger partial charge in [0.05, 0.1) is 21.7 Å². The Bertz CT molecular complexity index is 1360. The maximum absolute atomic E-state index is 14.0. The van der Waals surface area contributed by atoms with E-state index < -0.39 is 17.6 Å². The highest BCUT2D eigenvalue weighted by Crippen LogP contribution is 2.36. The molecule has 11 heteroatoms. The summed E-state index contributed by atoms with van der Waals surface area (Å²) < 4.78 is 60.2. The average Bonchev–Trinajstić information content (AvgIpc) is 2.80. The molecule has 1 N–H and O–H groups in total. The number of fused-ring (bicyclic) bond motifs is 1. The molecule has 0 saturated carbocycles. The molecule has 182 valence electrons. The topological polar surface area (TPSA) is 72.8 Å². The van der Waals surface area contributed by atoms with Crippen LogP contribution in [-0.4, -0.2) is 26.5 Å². The smallest absolute Gasteiger partial charge is 0.373 e. The van der Waals surface area contributed by atoms with Crippen molar-refractivity contribution in [2.45, 2.75) is 26.6 Å². The number of rotatable bonds is 7. The minimum Gasteiger partial charge on any atom is -0.373 e. The summed E-state index contributed by atoms with van der Waals surface area (Å²) in [5, 5.41) is 3.39. The van der Waals surface area contributed by atoms with Crippen molar-refractivity contribution < 1.29 is 22.3 Å². The molecule has 4 aromatic rings. The number of pyridine rings is 2. The molecule has 0 atom stereocenters. The van der Waals surface area contributed by atoms with Gasteiger partial charge in [0.15, 0.2) is 11.5 Å². The van der Waals surface area contributed by atoms with E-state index in [9.17, 15) is 17.6 Å². The number of anilines is 2. The van der Waals surface area contributed by atoms with Crippen LogP contribution >= 0.6 is 11.6 Å². The summed E-state index contributed by atoms with van der Waals surface area (Å²) in [6.07, 6.45) is -3.34. The Labute approximate surface area is 203 Å². The SMILES string of the molecule is CC(C)COCc1nc(Nc2ccc(Cl)c(F)c2)c2ccc(-c3ncccc3C(F)(F)F)nc2n1. The number of aromatic nitrogens is 4. The molecule has 0 aliphatic rings. The monoisotopic (exact) mass is 505 g/mol. The molecule has 3 aromatic heterocycles. The van der Waals surface area contributed by atoms with Gasteiger partial charge in [-0.2, -0.15) is 13.2 Å². The molecule has 1 aromatic carbocycles. The van der Waals surface area contributed by atoms with E-state index in [0.29, 0.717) is 17.7 Å². The quantitative estimate of drug-likeness (QED) is 0.278. The van der Waals surface area contributed by atoms with Crippen LogP contribution < -0.4 is 5.32 Å². The molecular weight excluding hydrogens is 486 g/mol. The third-order valence-corrected chi connectivity index (χ3v) is 5.13. The van der Waals surface area contributed by atoms with Crippen molar-refractivity contribution in [2.24, 2.45) is 5.92 Å². The molecule has 0 amide bonds. The molecule has 0 bridgehead atoms. The fraction of sp³-hybridized carbons (Fsp3) is 0.250. The maximum atomic E-state index is 14.0. The van der Waals surface area contributed by atoms with Crippen molar-refractivity contribution in [2.75, 3.05) is 11.9 Å². The van der Waals surface area contributed by atoms with Gasteiger partial charge in [-0.05, 0) is 48.4 Å². The number of benzene rings is 1. The predicted molar refractivity (Wildman–Crippen MR) is 125 cm³/mol. The molecule has 35 heavy (non-hydrogen) atoms. The molecule has 4 rings (SSSR count). The molecule has 3 heterocycles. The van der Waals surface area contributed by atoms with Crippen molar-refractivity contribution in [3.63, 3.8) is 0 Å². The van der Waals surface area contributed by atoms with Crippen LogP contribution in [0, 0.1) is 11.7 Å². The van der Waals surface area contributed by atoms with E-state index in [4.69, 9.17) is 16.3 Å². The molecule has 0 aliphatic carbocycles. The summed E-state index contributed by atoms with van der Waals surface area (Å²) in [7, 11) is 0. The highest BCUT2D eigenvalue weighted by atomic mass is 35.5. The number of nitrogens with zero attached hydrogens (tertiary/aromatic N) is 4. The molecule has 0 fully saturated rings. The zero-order valence-electron chi connectivity index (χ0n) is 18.7. The highest BCUT2D eigenvalue weighted by Gasteiger charge is 2.34. The van der Waals surface area contributed by atoms with Crippen molar-refractivity contribution in [1.29, 1.82) is 0 Å². The zero-order valence-corrected chi connectivity index (χ0v) is 19.5. The number of hydrogen-bond donors (Lipinski definition) is 1. The standard InChI is InChI=1S/C24H20ClF4N5O/c1-13(2)11-35-12-20-33-22(31-14-5-7-17(25)18(26)10-14)15-6-8-19(32-23(15)34-20)21-16(24(27,28)29)4-3-9-30-21/h3-10,13H,11-12H2,1-2H3,(H,31,32,33,34). The van der Waals surface area contributed by atoms with E-state index in [1.807, 2.05) is 13.8 Å². The lowest BCUT2D eigenvalue weighted by Gasteiger charge is -2.14. The fourth-order valence-electron chi connectivity index (χ4n) is 3.28. The van der Waals surface area contributed by atoms with Crippen LogP contribution in [0.4, 0.5) is 29.1 Å². The number of halogens is 5. The van der Waals surface area contributed by atoms with Gasteiger partial charge in [0.1, 0.15) is 23.9 Å². The van der Waals surface area contributed by atoms with Crippen molar-refractivity contribution in [1.82, 2.24) is 19.9 Å². The summed E-state index contributed by atoms with van der Waals surface area (Å²) in [5.74, 6) is 0.207. The van der Waals surface area contributed by atoms with Gasteiger partial charge in [-0.25, -0.2) is 19.3 Å². The normalized spacial score (nSPS) is 11.9. The van der Waals surface area contributed by atoms with E-state index in [1.165, 1.54) is 30.5 Å². The molecule has 0 spiro atoms. The van der Waals surface area contributed by atoms with Crippen LogP contribution in [0.3, 0.4) is 0 Å². The summed E-state index contributed by atoms with van der Waals surface area (Å²) in [4.78, 5) is 17.1. The van der Waals surface area contributed by atoms with Crippen LogP contribution in [0.1, 0.15) is 25.2 Å². The molecule has 6 nitrogen and oxygen atoms in total. The third kappa shape index (κ3) is 5.83. The van der Waals surface area contributed by atoms with Crippen LogP contribution in [0.25, 0.3) is 22.4 Å². The Morgan fingerprint density at radius 2 is 1.86 bits per heavy atom. The number of hydrogen-bond acceptors (Lipinski definition) is 6. The van der Waals surface area contributed by atoms with Crippen LogP contribution in [0.2, 0.25) is 5.02 Å². The largest absolute Gasteiger partial charge is 0.418 e. The lowest BCUT2D eigenvalue weighted by atomic mass is 10.1. The first kappa shape index (κ1) is 24.7.